The van der Waals surface area contributed by atoms with Crippen LogP contribution in [-0.4, -0.2) is 50.0 Å². The molecule has 1 aromatic rings. The Morgan fingerprint density at radius 2 is 1.96 bits per heavy atom. The highest BCUT2D eigenvalue weighted by atomic mass is 32.2. The summed E-state index contributed by atoms with van der Waals surface area (Å²) >= 11 is 1.42. The number of hydrogen-bond acceptors (Lipinski definition) is 4. The van der Waals surface area contributed by atoms with E-state index in [4.69, 9.17) is 0 Å². The van der Waals surface area contributed by atoms with Gasteiger partial charge >= 0.3 is 5.97 Å². The molecule has 0 aliphatic carbocycles. The fourth-order valence-electron chi connectivity index (χ4n) is 3.15. The molecule has 0 spiro atoms. The third-order valence-electron chi connectivity index (χ3n) is 4.20. The molecular weight excluding hydrogens is 316 g/mol. The van der Waals surface area contributed by atoms with Crippen LogP contribution >= 0.6 is 11.8 Å². The number of carboxylic acids is 1. The van der Waals surface area contributed by atoms with Gasteiger partial charge in [-0.3, -0.25) is 9.59 Å². The van der Waals surface area contributed by atoms with Gasteiger partial charge < -0.3 is 15.3 Å². The SMILES string of the molecule is CC1(C)S[C@@H]2C(NC(=O)Cc3ccccc3)C(=O)N2[C@H]1C(=O)O. The Hall–Kier alpha value is -2.02. The van der Waals surface area contributed by atoms with E-state index in [0.29, 0.717) is 0 Å². The molecule has 7 heteroatoms. The van der Waals surface area contributed by atoms with Gasteiger partial charge in [0, 0.05) is 4.75 Å². The standard InChI is InChI=1S/C16H18N2O4S/c1-16(2)12(15(21)22)18-13(20)11(14(18)23-16)17-10(19)8-9-6-4-3-5-7-9/h3-7,11-12,14H,8H2,1-2H3,(H,17,19)(H,21,22)/t11?,12-,14+/m0/s1. The molecule has 2 N–H and O–H groups in total. The number of nitrogens with zero attached hydrogens (tertiary/aromatic N) is 1. The molecule has 2 saturated heterocycles. The Bertz CT molecular complexity index is 661. The molecule has 3 rings (SSSR count). The van der Waals surface area contributed by atoms with E-state index in [0.717, 1.165) is 5.56 Å². The van der Waals surface area contributed by atoms with E-state index >= 15 is 0 Å². The summed E-state index contributed by atoms with van der Waals surface area (Å²) in [5, 5.41) is 11.8. The minimum absolute atomic E-state index is 0.202. The number of nitrogens with one attached hydrogen (secondary N) is 1. The Morgan fingerprint density at radius 3 is 2.57 bits per heavy atom. The van der Waals surface area contributed by atoms with Crippen molar-refractivity contribution >= 4 is 29.5 Å². The number of rotatable bonds is 4. The van der Waals surface area contributed by atoms with Gasteiger partial charge in [-0.2, -0.15) is 0 Å². The summed E-state index contributed by atoms with van der Waals surface area (Å²) in [5.74, 6) is -1.55. The Morgan fingerprint density at radius 1 is 1.30 bits per heavy atom. The summed E-state index contributed by atoms with van der Waals surface area (Å²) in [6.45, 7) is 3.62. The van der Waals surface area contributed by atoms with E-state index in [1.54, 1.807) is 0 Å². The molecule has 1 aromatic carbocycles. The normalized spacial score (nSPS) is 28.0. The van der Waals surface area contributed by atoms with Gasteiger partial charge in [0.1, 0.15) is 17.5 Å². The van der Waals surface area contributed by atoms with Crippen LogP contribution < -0.4 is 5.32 Å². The molecule has 3 atom stereocenters. The molecule has 122 valence electrons. The van der Waals surface area contributed by atoms with Crippen LogP contribution in [0.15, 0.2) is 30.3 Å². The van der Waals surface area contributed by atoms with E-state index in [-0.39, 0.29) is 23.6 Å². The van der Waals surface area contributed by atoms with Gasteiger partial charge in [-0.05, 0) is 19.4 Å². The lowest BCUT2D eigenvalue weighted by Crippen LogP contribution is -2.70. The van der Waals surface area contributed by atoms with Crippen LogP contribution in [-0.2, 0) is 20.8 Å². The summed E-state index contributed by atoms with van der Waals surface area (Å²) in [6, 6.07) is 7.78. The third-order valence-corrected chi connectivity index (χ3v) is 5.77. The number of β-lactam (4-membered cyclic amide) rings is 1. The van der Waals surface area contributed by atoms with E-state index in [1.807, 2.05) is 44.2 Å². The second kappa shape index (κ2) is 5.56. The number of carbonyl (C=O) groups is 3. The quantitative estimate of drug-likeness (QED) is 0.798. The summed E-state index contributed by atoms with van der Waals surface area (Å²) < 4.78 is -0.578. The zero-order valence-corrected chi connectivity index (χ0v) is 13.7. The highest BCUT2D eigenvalue weighted by Gasteiger charge is 2.64. The van der Waals surface area contributed by atoms with Crippen LogP contribution in [0.2, 0.25) is 0 Å². The van der Waals surface area contributed by atoms with Crippen molar-refractivity contribution in [1.82, 2.24) is 10.2 Å². The van der Waals surface area contributed by atoms with Crippen molar-refractivity contribution in [3.63, 3.8) is 0 Å². The third kappa shape index (κ3) is 2.69. The van der Waals surface area contributed by atoms with E-state index in [1.165, 1.54) is 16.7 Å². The molecule has 2 heterocycles. The van der Waals surface area contributed by atoms with Crippen molar-refractivity contribution in [2.45, 2.75) is 42.5 Å². The average Bonchev–Trinajstić information content (AvgIpc) is 2.74. The van der Waals surface area contributed by atoms with Gasteiger partial charge in [0.05, 0.1) is 6.42 Å². The van der Waals surface area contributed by atoms with Crippen molar-refractivity contribution in [2.75, 3.05) is 0 Å². The fraction of sp³-hybridized carbons (Fsp3) is 0.438. The minimum Gasteiger partial charge on any atom is -0.480 e. The number of amides is 2. The maximum absolute atomic E-state index is 12.3. The molecule has 2 aliphatic rings. The minimum atomic E-state index is -1.01. The first-order chi connectivity index (χ1) is 10.8. The molecule has 0 bridgehead atoms. The monoisotopic (exact) mass is 334 g/mol. The van der Waals surface area contributed by atoms with Crippen molar-refractivity contribution in [3.8, 4) is 0 Å². The van der Waals surface area contributed by atoms with E-state index in [2.05, 4.69) is 5.32 Å². The number of benzene rings is 1. The summed E-state index contributed by atoms with van der Waals surface area (Å²) in [7, 11) is 0. The maximum atomic E-state index is 12.3. The molecule has 0 radical (unpaired) electrons. The summed E-state index contributed by atoms with van der Waals surface area (Å²) in [6.07, 6.45) is 0.202. The average molecular weight is 334 g/mol. The Kier molecular flexibility index (Phi) is 3.83. The number of aliphatic carboxylic acids is 1. The number of hydrogen-bond donors (Lipinski definition) is 2. The molecule has 1 unspecified atom stereocenters. The summed E-state index contributed by atoms with van der Waals surface area (Å²) in [5.41, 5.74) is 0.872. The smallest absolute Gasteiger partial charge is 0.327 e. The van der Waals surface area contributed by atoms with Crippen molar-refractivity contribution in [1.29, 1.82) is 0 Å². The van der Waals surface area contributed by atoms with Crippen LogP contribution in [0.4, 0.5) is 0 Å². The molecule has 0 saturated carbocycles. The van der Waals surface area contributed by atoms with Gasteiger partial charge in [-0.15, -0.1) is 11.8 Å². The van der Waals surface area contributed by atoms with Crippen molar-refractivity contribution in [2.24, 2.45) is 0 Å². The Balaban J connectivity index is 1.66. The highest BCUT2D eigenvalue weighted by Crippen LogP contribution is 2.50. The maximum Gasteiger partial charge on any atom is 0.327 e. The molecule has 6 nitrogen and oxygen atoms in total. The van der Waals surface area contributed by atoms with Gasteiger partial charge in [-0.1, -0.05) is 30.3 Å². The van der Waals surface area contributed by atoms with Crippen LogP contribution in [0.5, 0.6) is 0 Å². The highest BCUT2D eigenvalue weighted by molar-refractivity contribution is 8.01. The predicted octanol–water partition coefficient (Wildman–Crippen LogP) is 0.861. The van der Waals surface area contributed by atoms with E-state index in [9.17, 15) is 19.5 Å². The molecule has 2 amide bonds. The summed E-state index contributed by atoms with van der Waals surface area (Å²) in [4.78, 5) is 37.2. The molecule has 2 aliphatic heterocycles. The first kappa shape index (κ1) is 15.9. The van der Waals surface area contributed by atoms with Crippen molar-refractivity contribution < 1.29 is 19.5 Å². The zero-order valence-electron chi connectivity index (χ0n) is 12.9. The lowest BCUT2D eigenvalue weighted by molar-refractivity contribution is -0.161. The van der Waals surface area contributed by atoms with Gasteiger partial charge in [0.25, 0.3) is 0 Å². The van der Waals surface area contributed by atoms with Gasteiger partial charge in [0.15, 0.2) is 0 Å². The lowest BCUT2D eigenvalue weighted by atomic mass is 9.96. The topological polar surface area (TPSA) is 86.7 Å². The first-order valence-electron chi connectivity index (χ1n) is 7.37. The molecule has 0 aromatic heterocycles. The molecule has 2 fully saturated rings. The van der Waals surface area contributed by atoms with Gasteiger partial charge in [-0.25, -0.2) is 4.79 Å². The number of fused-ring (bicyclic) bond motifs is 1. The number of carboxylic acid groups (broad SMARTS) is 1. The van der Waals surface area contributed by atoms with E-state index < -0.39 is 22.8 Å². The molecule has 23 heavy (non-hydrogen) atoms. The Labute approximate surface area is 138 Å². The van der Waals surface area contributed by atoms with Crippen LogP contribution in [0.3, 0.4) is 0 Å². The first-order valence-corrected chi connectivity index (χ1v) is 8.25. The largest absolute Gasteiger partial charge is 0.480 e. The van der Waals surface area contributed by atoms with Crippen LogP contribution in [0.25, 0.3) is 0 Å². The van der Waals surface area contributed by atoms with Gasteiger partial charge in [0.2, 0.25) is 11.8 Å². The fourth-order valence-corrected chi connectivity index (χ4v) is 4.78. The number of thioether (sulfide) groups is 1. The predicted molar refractivity (Wildman–Crippen MR) is 85.8 cm³/mol. The van der Waals surface area contributed by atoms with Crippen LogP contribution in [0.1, 0.15) is 19.4 Å². The molecular formula is C16H18N2O4S. The second-order valence-electron chi connectivity index (χ2n) is 6.31. The number of carbonyl (C=O) groups excluding carboxylic acids is 2. The lowest BCUT2D eigenvalue weighted by Gasteiger charge is -2.43. The zero-order chi connectivity index (χ0) is 16.8. The van der Waals surface area contributed by atoms with Crippen molar-refractivity contribution in [3.05, 3.63) is 35.9 Å². The second-order valence-corrected chi connectivity index (χ2v) is 8.08. The van der Waals surface area contributed by atoms with Crippen LogP contribution in [0, 0.1) is 0 Å².